The molecule has 0 spiro atoms. The van der Waals surface area contributed by atoms with Crippen LogP contribution in [-0.4, -0.2) is 54.3 Å². The van der Waals surface area contributed by atoms with E-state index in [0.717, 1.165) is 19.3 Å². The number of aryl methyl sites for hydroxylation is 1. The fourth-order valence-corrected chi connectivity index (χ4v) is 6.57. The maximum atomic E-state index is 13.4. The van der Waals surface area contributed by atoms with Crippen LogP contribution in [0.15, 0.2) is 34.1 Å². The van der Waals surface area contributed by atoms with Gasteiger partial charge in [0.1, 0.15) is 5.56 Å². The SMILES string of the molecule is CCn1cc(C(=O)N2C[C@@H](C)C[C@H](C)C2)c(=O)c2cc(S(=O)(=O)N3CCCC3)ccc21. The number of nitrogens with zero attached hydrogens (tertiary/aromatic N) is 3. The van der Waals surface area contributed by atoms with Crippen LogP contribution in [0, 0.1) is 11.8 Å². The number of carbonyl (C=O) groups excluding carboxylic acids is 1. The molecule has 8 heteroatoms. The number of hydrogen-bond donors (Lipinski definition) is 0. The third-order valence-corrected chi connectivity index (χ3v) is 8.38. The van der Waals surface area contributed by atoms with Crippen LogP contribution in [0.2, 0.25) is 0 Å². The van der Waals surface area contributed by atoms with Gasteiger partial charge in [0.05, 0.1) is 10.4 Å². The van der Waals surface area contributed by atoms with Gasteiger partial charge in [0.25, 0.3) is 5.91 Å². The maximum Gasteiger partial charge on any atom is 0.259 e. The van der Waals surface area contributed by atoms with E-state index in [-0.39, 0.29) is 21.8 Å². The van der Waals surface area contributed by atoms with Gasteiger partial charge in [-0.15, -0.1) is 0 Å². The molecule has 0 N–H and O–H groups in total. The van der Waals surface area contributed by atoms with E-state index in [1.807, 2.05) is 11.5 Å². The second kappa shape index (κ2) is 8.39. The molecule has 1 aromatic heterocycles. The predicted octanol–water partition coefficient (Wildman–Crippen LogP) is 2.92. The van der Waals surface area contributed by atoms with Gasteiger partial charge in [-0.2, -0.15) is 4.31 Å². The lowest BCUT2D eigenvalue weighted by Crippen LogP contribution is -2.44. The Morgan fingerprint density at radius 1 is 1.10 bits per heavy atom. The summed E-state index contributed by atoms with van der Waals surface area (Å²) >= 11 is 0. The van der Waals surface area contributed by atoms with Gasteiger partial charge in [0, 0.05) is 44.3 Å². The Balaban J connectivity index is 1.81. The Kier molecular flexibility index (Phi) is 5.96. The summed E-state index contributed by atoms with van der Waals surface area (Å²) < 4.78 is 29.4. The number of carbonyl (C=O) groups is 1. The average Bonchev–Trinajstić information content (AvgIpc) is 3.28. The van der Waals surface area contributed by atoms with Crippen molar-refractivity contribution in [3.05, 3.63) is 40.2 Å². The number of benzene rings is 1. The highest BCUT2D eigenvalue weighted by Gasteiger charge is 2.30. The number of likely N-dealkylation sites (tertiary alicyclic amines) is 1. The molecule has 2 saturated heterocycles. The van der Waals surface area contributed by atoms with E-state index in [0.29, 0.717) is 50.1 Å². The van der Waals surface area contributed by atoms with Crippen molar-refractivity contribution in [3.8, 4) is 0 Å². The highest BCUT2D eigenvalue weighted by Crippen LogP contribution is 2.25. The Bertz CT molecular complexity index is 1160. The van der Waals surface area contributed by atoms with Crippen LogP contribution in [0.4, 0.5) is 0 Å². The third-order valence-electron chi connectivity index (χ3n) is 6.48. The third kappa shape index (κ3) is 4.03. The van der Waals surface area contributed by atoms with Crippen LogP contribution in [-0.2, 0) is 16.6 Å². The second-order valence-electron chi connectivity index (χ2n) is 9.10. The van der Waals surface area contributed by atoms with Gasteiger partial charge in [0.15, 0.2) is 0 Å². The first-order valence-corrected chi connectivity index (χ1v) is 12.6. The van der Waals surface area contributed by atoms with Crippen LogP contribution in [0.5, 0.6) is 0 Å². The van der Waals surface area contributed by atoms with E-state index in [4.69, 9.17) is 0 Å². The monoisotopic (exact) mass is 445 g/mol. The van der Waals surface area contributed by atoms with E-state index >= 15 is 0 Å². The summed E-state index contributed by atoms with van der Waals surface area (Å²) in [6.45, 7) is 9.03. The fourth-order valence-electron chi connectivity index (χ4n) is 5.03. The van der Waals surface area contributed by atoms with Crippen molar-refractivity contribution in [2.75, 3.05) is 26.2 Å². The van der Waals surface area contributed by atoms with Crippen molar-refractivity contribution < 1.29 is 13.2 Å². The van der Waals surface area contributed by atoms with Gasteiger partial charge >= 0.3 is 0 Å². The van der Waals surface area contributed by atoms with Crippen molar-refractivity contribution in [3.63, 3.8) is 0 Å². The normalized spacial score (nSPS) is 22.9. The Labute approximate surface area is 183 Å². The molecule has 2 aromatic rings. The molecule has 7 nitrogen and oxygen atoms in total. The topological polar surface area (TPSA) is 79.7 Å². The standard InChI is InChI=1S/C23H31N3O4S/c1-4-24-15-20(23(28)25-13-16(2)11-17(3)14-25)22(27)19-12-18(7-8-21(19)24)31(29,30)26-9-5-6-10-26/h7-8,12,15-17H,4-6,9-11,13-14H2,1-3H3/t16-,17-/m0/s1. The second-order valence-corrected chi connectivity index (χ2v) is 11.0. The van der Waals surface area contributed by atoms with Gasteiger partial charge < -0.3 is 9.47 Å². The van der Waals surface area contributed by atoms with Crippen molar-refractivity contribution in [1.29, 1.82) is 0 Å². The average molecular weight is 446 g/mol. The highest BCUT2D eigenvalue weighted by atomic mass is 32.2. The van der Waals surface area contributed by atoms with Crippen LogP contribution < -0.4 is 5.43 Å². The molecule has 0 saturated carbocycles. The minimum atomic E-state index is -3.64. The zero-order valence-corrected chi connectivity index (χ0v) is 19.3. The highest BCUT2D eigenvalue weighted by molar-refractivity contribution is 7.89. The number of pyridine rings is 1. The lowest BCUT2D eigenvalue weighted by atomic mass is 9.91. The van der Waals surface area contributed by atoms with Crippen LogP contribution in [0.1, 0.15) is 50.4 Å². The minimum Gasteiger partial charge on any atom is -0.347 e. The molecule has 168 valence electrons. The van der Waals surface area contributed by atoms with Gasteiger partial charge in [-0.1, -0.05) is 13.8 Å². The van der Waals surface area contributed by atoms with E-state index in [2.05, 4.69) is 13.8 Å². The Hall–Kier alpha value is -2.19. The first-order valence-electron chi connectivity index (χ1n) is 11.2. The van der Waals surface area contributed by atoms with Gasteiger partial charge in [-0.05, 0) is 56.2 Å². The summed E-state index contributed by atoms with van der Waals surface area (Å²) in [6, 6.07) is 4.70. The number of rotatable bonds is 4. The molecule has 0 aliphatic carbocycles. The van der Waals surface area contributed by atoms with E-state index in [9.17, 15) is 18.0 Å². The van der Waals surface area contributed by atoms with Crippen molar-refractivity contribution in [2.45, 2.75) is 51.5 Å². The number of sulfonamides is 1. The molecular weight excluding hydrogens is 414 g/mol. The number of aromatic nitrogens is 1. The van der Waals surface area contributed by atoms with Crippen LogP contribution in [0.25, 0.3) is 10.9 Å². The summed E-state index contributed by atoms with van der Waals surface area (Å²) in [5.41, 5.74) is 0.366. The number of piperidine rings is 1. The molecule has 4 rings (SSSR count). The smallest absolute Gasteiger partial charge is 0.259 e. The molecule has 1 amide bonds. The fraction of sp³-hybridized carbons (Fsp3) is 0.565. The molecule has 2 aliphatic rings. The lowest BCUT2D eigenvalue weighted by Gasteiger charge is -2.35. The van der Waals surface area contributed by atoms with Gasteiger partial charge in [-0.3, -0.25) is 9.59 Å². The molecule has 0 radical (unpaired) electrons. The summed E-state index contributed by atoms with van der Waals surface area (Å²) in [4.78, 5) is 28.6. The van der Waals surface area contributed by atoms with Crippen molar-refractivity contribution >= 4 is 26.8 Å². The summed E-state index contributed by atoms with van der Waals surface area (Å²) in [6.07, 6.45) is 4.39. The van der Waals surface area contributed by atoms with Gasteiger partial charge in [-0.25, -0.2) is 8.42 Å². The summed E-state index contributed by atoms with van der Waals surface area (Å²) in [7, 11) is -3.64. The first kappa shape index (κ1) is 22.0. The number of fused-ring (bicyclic) bond motifs is 1. The molecule has 2 fully saturated rings. The molecule has 1 aromatic carbocycles. The molecule has 2 aliphatic heterocycles. The first-order chi connectivity index (χ1) is 14.7. The molecular formula is C23H31N3O4S. The van der Waals surface area contributed by atoms with Gasteiger partial charge in [0.2, 0.25) is 15.5 Å². The van der Waals surface area contributed by atoms with Crippen molar-refractivity contribution in [1.82, 2.24) is 13.8 Å². The summed E-state index contributed by atoms with van der Waals surface area (Å²) in [5, 5.41) is 0.283. The molecule has 3 heterocycles. The summed E-state index contributed by atoms with van der Waals surface area (Å²) in [5.74, 6) is 0.512. The predicted molar refractivity (Wildman–Crippen MR) is 121 cm³/mol. The minimum absolute atomic E-state index is 0.117. The zero-order valence-electron chi connectivity index (χ0n) is 18.5. The molecule has 0 bridgehead atoms. The lowest BCUT2D eigenvalue weighted by molar-refractivity contribution is 0.0621. The van der Waals surface area contributed by atoms with E-state index in [1.165, 1.54) is 10.4 Å². The number of hydrogen-bond acceptors (Lipinski definition) is 4. The van der Waals surface area contributed by atoms with Crippen LogP contribution in [0.3, 0.4) is 0 Å². The van der Waals surface area contributed by atoms with Crippen LogP contribution >= 0.6 is 0 Å². The largest absolute Gasteiger partial charge is 0.347 e. The molecule has 0 unspecified atom stereocenters. The molecule has 31 heavy (non-hydrogen) atoms. The quantitative estimate of drug-likeness (QED) is 0.725. The zero-order chi connectivity index (χ0) is 22.3. The Morgan fingerprint density at radius 3 is 2.35 bits per heavy atom. The van der Waals surface area contributed by atoms with E-state index in [1.54, 1.807) is 23.2 Å². The molecule has 2 atom stereocenters. The Morgan fingerprint density at radius 2 is 1.74 bits per heavy atom. The van der Waals surface area contributed by atoms with Crippen molar-refractivity contribution in [2.24, 2.45) is 11.8 Å². The maximum absolute atomic E-state index is 13.4. The number of amides is 1. The van der Waals surface area contributed by atoms with E-state index < -0.39 is 15.5 Å².